The zero-order valence-corrected chi connectivity index (χ0v) is 12.5. The van der Waals surface area contributed by atoms with E-state index in [9.17, 15) is 0 Å². The molecule has 0 fully saturated rings. The SMILES string of the molecule is Cc1[nH]ncc1CNCCOc1ccc2c(c1)OCO2.Cl. The number of aromatic amines is 1. The van der Waals surface area contributed by atoms with E-state index in [-0.39, 0.29) is 19.2 Å². The molecule has 3 rings (SSSR count). The van der Waals surface area contributed by atoms with Crippen LogP contribution in [0.15, 0.2) is 24.4 Å². The third-order valence-corrected chi connectivity index (χ3v) is 3.14. The number of hydrogen-bond acceptors (Lipinski definition) is 5. The first-order valence-electron chi connectivity index (χ1n) is 6.55. The molecule has 0 saturated carbocycles. The Hall–Kier alpha value is -1.92. The second kappa shape index (κ2) is 7.19. The van der Waals surface area contributed by atoms with Crippen LogP contribution in [0.1, 0.15) is 11.3 Å². The van der Waals surface area contributed by atoms with E-state index in [1.807, 2.05) is 31.3 Å². The summed E-state index contributed by atoms with van der Waals surface area (Å²) in [6.45, 7) is 4.43. The maximum absolute atomic E-state index is 5.66. The van der Waals surface area contributed by atoms with E-state index in [1.165, 1.54) is 5.56 Å². The molecule has 1 aliphatic rings. The molecule has 21 heavy (non-hydrogen) atoms. The molecule has 2 aromatic rings. The van der Waals surface area contributed by atoms with Crippen molar-refractivity contribution in [3.63, 3.8) is 0 Å². The number of nitrogens with zero attached hydrogens (tertiary/aromatic N) is 1. The number of aromatic nitrogens is 2. The van der Waals surface area contributed by atoms with Crippen LogP contribution in [0.25, 0.3) is 0 Å². The van der Waals surface area contributed by atoms with Gasteiger partial charge in [-0.3, -0.25) is 5.10 Å². The Kier molecular flexibility index (Phi) is 5.30. The molecule has 0 spiro atoms. The van der Waals surface area contributed by atoms with E-state index in [1.54, 1.807) is 0 Å². The molecule has 114 valence electrons. The molecule has 7 heteroatoms. The molecule has 0 atom stereocenters. The van der Waals surface area contributed by atoms with Crippen LogP contribution < -0.4 is 19.5 Å². The smallest absolute Gasteiger partial charge is 0.231 e. The zero-order valence-electron chi connectivity index (χ0n) is 11.7. The molecule has 1 aromatic carbocycles. The minimum Gasteiger partial charge on any atom is -0.492 e. The van der Waals surface area contributed by atoms with Crippen LogP contribution in [-0.4, -0.2) is 30.1 Å². The molecule has 0 radical (unpaired) electrons. The van der Waals surface area contributed by atoms with Crippen LogP contribution in [0.3, 0.4) is 0 Å². The topological polar surface area (TPSA) is 68.4 Å². The van der Waals surface area contributed by atoms with Gasteiger partial charge in [-0.05, 0) is 19.1 Å². The van der Waals surface area contributed by atoms with Crippen LogP contribution in [0.5, 0.6) is 17.2 Å². The van der Waals surface area contributed by atoms with Gasteiger partial charge in [-0.15, -0.1) is 12.4 Å². The van der Waals surface area contributed by atoms with Gasteiger partial charge in [-0.1, -0.05) is 0 Å². The highest BCUT2D eigenvalue weighted by molar-refractivity contribution is 5.85. The highest BCUT2D eigenvalue weighted by Crippen LogP contribution is 2.34. The predicted molar refractivity (Wildman–Crippen MR) is 80.3 cm³/mol. The Morgan fingerprint density at radius 1 is 1.33 bits per heavy atom. The third-order valence-electron chi connectivity index (χ3n) is 3.14. The van der Waals surface area contributed by atoms with Gasteiger partial charge >= 0.3 is 0 Å². The van der Waals surface area contributed by atoms with Gasteiger partial charge in [0.15, 0.2) is 11.5 Å². The van der Waals surface area contributed by atoms with E-state index in [0.29, 0.717) is 6.61 Å². The third kappa shape index (κ3) is 3.80. The quantitative estimate of drug-likeness (QED) is 0.799. The van der Waals surface area contributed by atoms with Gasteiger partial charge in [0.25, 0.3) is 0 Å². The summed E-state index contributed by atoms with van der Waals surface area (Å²) in [5.41, 5.74) is 2.27. The largest absolute Gasteiger partial charge is 0.492 e. The molecule has 0 aliphatic carbocycles. The van der Waals surface area contributed by atoms with Gasteiger partial charge in [0.1, 0.15) is 12.4 Å². The Morgan fingerprint density at radius 2 is 2.19 bits per heavy atom. The van der Waals surface area contributed by atoms with E-state index in [4.69, 9.17) is 14.2 Å². The molecule has 1 aliphatic heterocycles. The number of fused-ring (bicyclic) bond motifs is 1. The Bertz CT molecular complexity index is 589. The van der Waals surface area contributed by atoms with Crippen molar-refractivity contribution < 1.29 is 14.2 Å². The average molecular weight is 312 g/mol. The fourth-order valence-electron chi connectivity index (χ4n) is 1.98. The van der Waals surface area contributed by atoms with Crippen molar-refractivity contribution >= 4 is 12.4 Å². The molecule has 1 aromatic heterocycles. The minimum absolute atomic E-state index is 0. The number of benzene rings is 1. The molecule has 2 heterocycles. The second-order valence-corrected chi connectivity index (χ2v) is 4.56. The first-order chi connectivity index (χ1) is 9.83. The summed E-state index contributed by atoms with van der Waals surface area (Å²) in [5, 5.41) is 10.2. The number of aryl methyl sites for hydroxylation is 1. The number of ether oxygens (including phenoxy) is 3. The van der Waals surface area contributed by atoms with Gasteiger partial charge in [0.2, 0.25) is 6.79 Å². The molecule has 6 nitrogen and oxygen atoms in total. The van der Waals surface area contributed by atoms with E-state index < -0.39 is 0 Å². The molecular formula is C14H18ClN3O3. The normalized spacial score (nSPS) is 12.0. The predicted octanol–water partition coefficient (Wildman–Crippen LogP) is 2.04. The van der Waals surface area contributed by atoms with Crippen molar-refractivity contribution in [2.45, 2.75) is 13.5 Å². The van der Waals surface area contributed by atoms with Crippen molar-refractivity contribution in [1.29, 1.82) is 0 Å². The number of H-pyrrole nitrogens is 1. The van der Waals surface area contributed by atoms with Crippen molar-refractivity contribution in [1.82, 2.24) is 15.5 Å². The number of rotatable bonds is 6. The maximum atomic E-state index is 5.66. The number of hydrogen-bond donors (Lipinski definition) is 2. The fraction of sp³-hybridized carbons (Fsp3) is 0.357. The molecular weight excluding hydrogens is 294 g/mol. The lowest BCUT2D eigenvalue weighted by molar-refractivity contribution is 0.173. The van der Waals surface area contributed by atoms with Crippen LogP contribution in [0.4, 0.5) is 0 Å². The van der Waals surface area contributed by atoms with E-state index in [2.05, 4.69) is 15.5 Å². The first-order valence-corrected chi connectivity index (χ1v) is 6.55. The fourth-order valence-corrected chi connectivity index (χ4v) is 1.98. The molecule has 2 N–H and O–H groups in total. The monoisotopic (exact) mass is 311 g/mol. The van der Waals surface area contributed by atoms with Crippen molar-refractivity contribution in [3.05, 3.63) is 35.7 Å². The molecule has 0 saturated heterocycles. The minimum atomic E-state index is 0. The second-order valence-electron chi connectivity index (χ2n) is 4.56. The van der Waals surface area contributed by atoms with Crippen LogP contribution in [-0.2, 0) is 6.54 Å². The van der Waals surface area contributed by atoms with Gasteiger partial charge in [0, 0.05) is 30.4 Å². The number of nitrogens with one attached hydrogen (secondary N) is 2. The molecule has 0 amide bonds. The van der Waals surface area contributed by atoms with Gasteiger partial charge in [-0.25, -0.2) is 0 Å². The Labute approximate surface area is 129 Å². The summed E-state index contributed by atoms with van der Waals surface area (Å²) in [4.78, 5) is 0. The maximum Gasteiger partial charge on any atom is 0.231 e. The van der Waals surface area contributed by atoms with Crippen molar-refractivity contribution in [3.8, 4) is 17.2 Å². The lowest BCUT2D eigenvalue weighted by atomic mass is 10.3. The summed E-state index contributed by atoms with van der Waals surface area (Å²) in [7, 11) is 0. The van der Waals surface area contributed by atoms with Gasteiger partial charge in [-0.2, -0.15) is 5.10 Å². The summed E-state index contributed by atoms with van der Waals surface area (Å²) >= 11 is 0. The van der Waals surface area contributed by atoms with Gasteiger partial charge < -0.3 is 19.5 Å². The van der Waals surface area contributed by atoms with Crippen LogP contribution in [0.2, 0.25) is 0 Å². The lowest BCUT2D eigenvalue weighted by Gasteiger charge is -2.08. The van der Waals surface area contributed by atoms with E-state index >= 15 is 0 Å². The Morgan fingerprint density at radius 3 is 3.00 bits per heavy atom. The standard InChI is InChI=1S/C14H17N3O3.ClH/c1-10-11(8-16-17-10)7-15-4-5-18-12-2-3-13-14(6-12)20-9-19-13;/h2-3,6,8,15H,4-5,7,9H2,1H3,(H,16,17);1H. The summed E-state index contributed by atoms with van der Waals surface area (Å²) in [6.07, 6.45) is 1.83. The first kappa shape index (κ1) is 15.5. The van der Waals surface area contributed by atoms with Crippen molar-refractivity contribution in [2.75, 3.05) is 19.9 Å². The van der Waals surface area contributed by atoms with Crippen LogP contribution in [0, 0.1) is 6.92 Å². The van der Waals surface area contributed by atoms with Crippen LogP contribution >= 0.6 is 12.4 Å². The highest BCUT2D eigenvalue weighted by atomic mass is 35.5. The van der Waals surface area contributed by atoms with Crippen molar-refractivity contribution in [2.24, 2.45) is 0 Å². The average Bonchev–Trinajstić information content (AvgIpc) is 3.07. The lowest BCUT2D eigenvalue weighted by Crippen LogP contribution is -2.20. The number of halogens is 1. The van der Waals surface area contributed by atoms with Gasteiger partial charge in [0.05, 0.1) is 6.20 Å². The Balaban J connectivity index is 0.00000161. The molecule has 0 bridgehead atoms. The summed E-state index contributed by atoms with van der Waals surface area (Å²) < 4.78 is 16.2. The summed E-state index contributed by atoms with van der Waals surface area (Å²) in [5.74, 6) is 2.30. The molecule has 0 unspecified atom stereocenters. The van der Waals surface area contributed by atoms with E-state index in [0.717, 1.165) is 36.0 Å². The zero-order chi connectivity index (χ0) is 13.8. The highest BCUT2D eigenvalue weighted by Gasteiger charge is 2.13. The summed E-state index contributed by atoms with van der Waals surface area (Å²) in [6, 6.07) is 5.59.